The Balaban J connectivity index is 1.32. The molecule has 0 aromatic heterocycles. The lowest BCUT2D eigenvalue weighted by molar-refractivity contribution is -0.119. The van der Waals surface area contributed by atoms with Crippen molar-refractivity contribution in [2.75, 3.05) is 31.8 Å². The monoisotopic (exact) mass is 432 g/mol. The summed E-state index contributed by atoms with van der Waals surface area (Å²) in [7, 11) is -3.55. The third-order valence-electron chi connectivity index (χ3n) is 4.78. The molecule has 158 valence electrons. The molecule has 0 atom stereocenters. The molecule has 0 saturated carbocycles. The minimum absolute atomic E-state index is 0.126. The van der Waals surface area contributed by atoms with Crippen LogP contribution in [-0.2, 0) is 19.6 Å². The quantitative estimate of drug-likeness (QED) is 0.695. The predicted octanol–water partition coefficient (Wildman–Crippen LogP) is 2.00. The third-order valence-corrected chi connectivity index (χ3v) is 6.70. The zero-order valence-electron chi connectivity index (χ0n) is 16.0. The van der Waals surface area contributed by atoms with E-state index < -0.39 is 28.5 Å². The predicted molar refractivity (Wildman–Crippen MR) is 106 cm³/mol. The highest BCUT2D eigenvalue weighted by atomic mass is 32.2. The summed E-state index contributed by atoms with van der Waals surface area (Å²) in [6.45, 7) is 0.652. The maximum atomic E-state index is 12.5. The summed E-state index contributed by atoms with van der Waals surface area (Å²) in [6.07, 6.45) is 1.69. The molecule has 1 fully saturated rings. The number of sulfonamides is 1. The first-order valence-corrected chi connectivity index (χ1v) is 10.8. The lowest BCUT2D eigenvalue weighted by atomic mass is 10.2. The Morgan fingerprint density at radius 3 is 2.43 bits per heavy atom. The molecule has 0 bridgehead atoms. The van der Waals surface area contributed by atoms with Crippen LogP contribution < -0.4 is 14.8 Å². The summed E-state index contributed by atoms with van der Waals surface area (Å²) < 4.78 is 41.9. The Kier molecular flexibility index (Phi) is 5.60. The van der Waals surface area contributed by atoms with E-state index >= 15 is 0 Å². The molecule has 0 unspecified atom stereocenters. The molecule has 1 N–H and O–H groups in total. The summed E-state index contributed by atoms with van der Waals surface area (Å²) in [5.74, 6) is -0.125. The van der Waals surface area contributed by atoms with Crippen LogP contribution in [0.2, 0.25) is 0 Å². The first-order chi connectivity index (χ1) is 14.4. The minimum atomic E-state index is -3.55. The zero-order chi connectivity index (χ0) is 21.1. The number of rotatable bonds is 6. The first-order valence-electron chi connectivity index (χ1n) is 9.40. The van der Waals surface area contributed by atoms with Gasteiger partial charge in [0.05, 0.1) is 10.5 Å². The average Bonchev–Trinajstić information content (AvgIpc) is 3.44. The van der Waals surface area contributed by atoms with Gasteiger partial charge in [0.15, 0.2) is 18.1 Å². The molecule has 2 heterocycles. The number of amides is 1. The van der Waals surface area contributed by atoms with Crippen LogP contribution in [0.3, 0.4) is 0 Å². The molecule has 1 saturated heterocycles. The van der Waals surface area contributed by atoms with E-state index in [4.69, 9.17) is 14.2 Å². The van der Waals surface area contributed by atoms with Crippen LogP contribution >= 0.6 is 0 Å². The van der Waals surface area contributed by atoms with Gasteiger partial charge in [-0.15, -0.1) is 0 Å². The Morgan fingerprint density at radius 2 is 1.70 bits per heavy atom. The second-order valence-corrected chi connectivity index (χ2v) is 8.77. The maximum absolute atomic E-state index is 12.5. The van der Waals surface area contributed by atoms with Gasteiger partial charge in [0.2, 0.25) is 16.8 Å². The highest BCUT2D eigenvalue weighted by molar-refractivity contribution is 7.89. The number of nitrogens with one attached hydrogen (secondary N) is 1. The Morgan fingerprint density at radius 1 is 1.00 bits per heavy atom. The van der Waals surface area contributed by atoms with Crippen molar-refractivity contribution in [3.05, 3.63) is 48.0 Å². The van der Waals surface area contributed by atoms with Crippen LogP contribution in [-0.4, -0.2) is 51.1 Å². The fourth-order valence-electron chi connectivity index (χ4n) is 3.23. The minimum Gasteiger partial charge on any atom is -0.454 e. The summed E-state index contributed by atoms with van der Waals surface area (Å²) >= 11 is 0. The van der Waals surface area contributed by atoms with Gasteiger partial charge in [-0.2, -0.15) is 4.31 Å². The zero-order valence-corrected chi connectivity index (χ0v) is 16.8. The van der Waals surface area contributed by atoms with Gasteiger partial charge in [0, 0.05) is 24.8 Å². The van der Waals surface area contributed by atoms with Gasteiger partial charge in [0.1, 0.15) is 0 Å². The average molecular weight is 432 g/mol. The third kappa shape index (κ3) is 4.24. The number of fused-ring (bicyclic) bond motifs is 1. The molecule has 2 aliphatic heterocycles. The van der Waals surface area contributed by atoms with Gasteiger partial charge >= 0.3 is 5.97 Å². The molecule has 10 heteroatoms. The van der Waals surface area contributed by atoms with Crippen LogP contribution in [0.1, 0.15) is 23.2 Å². The smallest absolute Gasteiger partial charge is 0.338 e. The van der Waals surface area contributed by atoms with Gasteiger partial charge in [0.25, 0.3) is 5.91 Å². The van der Waals surface area contributed by atoms with Gasteiger partial charge in [-0.1, -0.05) is 0 Å². The summed E-state index contributed by atoms with van der Waals surface area (Å²) in [5.41, 5.74) is 0.642. The van der Waals surface area contributed by atoms with Crippen LogP contribution in [0, 0.1) is 0 Å². The fraction of sp³-hybridized carbons (Fsp3) is 0.300. The van der Waals surface area contributed by atoms with E-state index in [0.717, 1.165) is 12.8 Å². The summed E-state index contributed by atoms with van der Waals surface area (Å²) in [6, 6.07) is 10.4. The molecule has 1 amide bonds. The number of hydrogen-bond acceptors (Lipinski definition) is 7. The molecule has 0 radical (unpaired) electrons. The second-order valence-electron chi connectivity index (χ2n) is 6.83. The number of hydrogen-bond donors (Lipinski definition) is 1. The normalized spacial score (nSPS) is 15.7. The van der Waals surface area contributed by atoms with E-state index in [0.29, 0.717) is 30.3 Å². The summed E-state index contributed by atoms with van der Waals surface area (Å²) in [5, 5.41) is 2.60. The molecule has 2 aliphatic rings. The number of nitrogens with zero attached hydrogens (tertiary/aromatic N) is 1. The van der Waals surface area contributed by atoms with Crippen LogP contribution in [0.4, 0.5) is 5.69 Å². The Bertz CT molecular complexity index is 1060. The molecular weight excluding hydrogens is 412 g/mol. The molecule has 9 nitrogen and oxygen atoms in total. The molecular formula is C20H20N2O7S. The summed E-state index contributed by atoms with van der Waals surface area (Å²) in [4.78, 5) is 24.3. The SMILES string of the molecule is O=C(COC(=O)c1ccc(S(=O)(=O)N2CCCC2)cc1)Nc1ccc2c(c1)OCO2. The van der Waals surface area contributed by atoms with E-state index in [2.05, 4.69) is 5.32 Å². The number of anilines is 1. The molecule has 2 aromatic carbocycles. The van der Waals surface area contributed by atoms with Crippen molar-refractivity contribution in [1.82, 2.24) is 4.31 Å². The van der Waals surface area contributed by atoms with Crippen molar-refractivity contribution >= 4 is 27.6 Å². The van der Waals surface area contributed by atoms with E-state index in [1.807, 2.05) is 0 Å². The van der Waals surface area contributed by atoms with E-state index in [9.17, 15) is 18.0 Å². The van der Waals surface area contributed by atoms with E-state index in [1.54, 1.807) is 18.2 Å². The van der Waals surface area contributed by atoms with Gasteiger partial charge < -0.3 is 19.5 Å². The Hall–Kier alpha value is -3.11. The highest BCUT2D eigenvalue weighted by Crippen LogP contribution is 2.34. The van der Waals surface area contributed by atoms with Crippen LogP contribution in [0.25, 0.3) is 0 Å². The number of carbonyl (C=O) groups excluding carboxylic acids is 2. The first kappa shape index (κ1) is 20.2. The van der Waals surface area contributed by atoms with Crippen molar-refractivity contribution in [1.29, 1.82) is 0 Å². The van der Waals surface area contributed by atoms with Gasteiger partial charge in [-0.25, -0.2) is 13.2 Å². The van der Waals surface area contributed by atoms with Gasteiger partial charge in [-0.05, 0) is 49.2 Å². The lowest BCUT2D eigenvalue weighted by Gasteiger charge is -2.15. The molecule has 30 heavy (non-hydrogen) atoms. The molecule has 2 aromatic rings. The van der Waals surface area contributed by atoms with Crippen molar-refractivity contribution < 1.29 is 32.2 Å². The number of ether oxygens (including phenoxy) is 3. The van der Waals surface area contributed by atoms with E-state index in [1.165, 1.54) is 28.6 Å². The Labute approximate surface area is 173 Å². The van der Waals surface area contributed by atoms with Crippen LogP contribution in [0.5, 0.6) is 11.5 Å². The van der Waals surface area contributed by atoms with Crippen molar-refractivity contribution in [3.8, 4) is 11.5 Å². The highest BCUT2D eigenvalue weighted by Gasteiger charge is 2.27. The van der Waals surface area contributed by atoms with Gasteiger partial charge in [-0.3, -0.25) is 4.79 Å². The maximum Gasteiger partial charge on any atom is 0.338 e. The topological polar surface area (TPSA) is 111 Å². The fourth-order valence-corrected chi connectivity index (χ4v) is 4.74. The van der Waals surface area contributed by atoms with E-state index in [-0.39, 0.29) is 17.3 Å². The van der Waals surface area contributed by atoms with Crippen LogP contribution in [0.15, 0.2) is 47.4 Å². The van der Waals surface area contributed by atoms with Crippen molar-refractivity contribution in [2.24, 2.45) is 0 Å². The standard InChI is InChI=1S/C20H20N2O7S/c23-19(21-15-5-8-17-18(11-15)29-13-28-17)12-27-20(24)14-3-6-16(7-4-14)30(25,26)22-9-1-2-10-22/h3-8,11H,1-2,9-10,12-13H2,(H,21,23). The molecule has 0 aliphatic carbocycles. The van der Waals surface area contributed by atoms with Crippen molar-refractivity contribution in [3.63, 3.8) is 0 Å². The largest absolute Gasteiger partial charge is 0.454 e. The molecule has 4 rings (SSSR count). The lowest BCUT2D eigenvalue weighted by Crippen LogP contribution is -2.27. The second kappa shape index (κ2) is 8.33. The number of benzene rings is 2. The number of carbonyl (C=O) groups is 2. The number of esters is 1. The van der Waals surface area contributed by atoms with Crippen molar-refractivity contribution in [2.45, 2.75) is 17.7 Å². The molecule has 0 spiro atoms.